The molecular weight excluding hydrogens is 506 g/mol. The molecule has 40 heavy (non-hydrogen) atoms. The predicted molar refractivity (Wildman–Crippen MR) is 152 cm³/mol. The number of aryl methyl sites for hydroxylation is 2. The van der Waals surface area contributed by atoms with E-state index in [0.717, 1.165) is 27.9 Å². The van der Waals surface area contributed by atoms with Crippen LogP contribution in [0, 0.1) is 13.8 Å². The van der Waals surface area contributed by atoms with Gasteiger partial charge in [0.15, 0.2) is 11.4 Å². The highest BCUT2D eigenvalue weighted by Crippen LogP contribution is 2.35. The monoisotopic (exact) mass is 531 g/mol. The summed E-state index contributed by atoms with van der Waals surface area (Å²) in [5.41, 5.74) is 16.6. The van der Waals surface area contributed by atoms with Crippen molar-refractivity contribution >= 4 is 39.7 Å². The average molecular weight is 532 g/mol. The first-order chi connectivity index (χ1) is 19.4. The second kappa shape index (κ2) is 8.87. The number of nitrogen functional groups attached to an aromatic ring is 2. The van der Waals surface area contributed by atoms with E-state index >= 15 is 0 Å². The van der Waals surface area contributed by atoms with Crippen LogP contribution in [-0.2, 0) is 13.0 Å². The summed E-state index contributed by atoms with van der Waals surface area (Å²) < 4.78 is 8.92. The SMILES string of the molecule is Cc1cccnc1-n1c(Cn2nc(C3C=Cc4oc(N)nc4C3)c3c(N)ncnc32)cc2cccc(C)c2c1=O. The van der Waals surface area contributed by atoms with Gasteiger partial charge in [-0.1, -0.05) is 30.3 Å². The molecular formula is C29H25N9O2. The maximum absolute atomic E-state index is 14.0. The Morgan fingerprint density at radius 2 is 1.90 bits per heavy atom. The third-order valence-electron chi connectivity index (χ3n) is 7.41. The number of allylic oxidation sites excluding steroid dienone is 1. The van der Waals surface area contributed by atoms with Crippen LogP contribution in [-0.4, -0.2) is 34.3 Å². The Hall–Kier alpha value is -5.32. The Kier molecular flexibility index (Phi) is 5.27. The van der Waals surface area contributed by atoms with E-state index in [4.69, 9.17) is 21.0 Å². The fraction of sp³-hybridized carbons (Fsp3) is 0.172. The van der Waals surface area contributed by atoms with E-state index in [1.54, 1.807) is 15.4 Å². The predicted octanol–water partition coefficient (Wildman–Crippen LogP) is 3.70. The van der Waals surface area contributed by atoms with Gasteiger partial charge in [0.05, 0.1) is 34.4 Å². The summed E-state index contributed by atoms with van der Waals surface area (Å²) in [7, 11) is 0. The Morgan fingerprint density at radius 3 is 2.75 bits per heavy atom. The van der Waals surface area contributed by atoms with Crippen molar-refractivity contribution in [3.8, 4) is 5.82 Å². The number of fused-ring (bicyclic) bond motifs is 3. The van der Waals surface area contributed by atoms with Crippen molar-refractivity contribution < 1.29 is 4.42 Å². The highest BCUT2D eigenvalue weighted by molar-refractivity contribution is 5.89. The van der Waals surface area contributed by atoms with Crippen molar-refractivity contribution in [2.24, 2.45) is 0 Å². The molecule has 0 bridgehead atoms. The fourth-order valence-corrected chi connectivity index (χ4v) is 5.56. The van der Waals surface area contributed by atoms with Crippen LogP contribution >= 0.6 is 0 Å². The molecule has 0 saturated carbocycles. The van der Waals surface area contributed by atoms with E-state index in [1.807, 2.05) is 62.4 Å². The van der Waals surface area contributed by atoms with Crippen molar-refractivity contribution in [3.63, 3.8) is 0 Å². The molecule has 7 rings (SSSR count). The number of oxazole rings is 1. The Labute approximate surface area is 227 Å². The molecule has 6 aromatic rings. The number of hydrogen-bond donors (Lipinski definition) is 2. The second-order valence-electron chi connectivity index (χ2n) is 9.99. The summed E-state index contributed by atoms with van der Waals surface area (Å²) in [6, 6.07) is 11.8. The standard InChI is InChI=1S/C29H25N9O2/c1-15-5-3-7-17-11-19(38(28(39)22(15)17)26-16(2)6-4-10-32-26)13-37-27-23(25(30)33-14-34-27)24(36-37)18-8-9-21-20(12-18)35-29(31)40-21/h3-11,14,18H,12-13H2,1-2H3,(H2,31,35)(H2,30,33,34). The third kappa shape index (κ3) is 3.66. The Balaban J connectivity index is 1.42. The number of nitrogens with two attached hydrogens (primary N) is 2. The topological polar surface area (TPSA) is 157 Å². The summed E-state index contributed by atoms with van der Waals surface area (Å²) in [5, 5.41) is 7.16. The maximum Gasteiger partial charge on any atom is 0.292 e. The first-order valence-corrected chi connectivity index (χ1v) is 12.9. The zero-order valence-corrected chi connectivity index (χ0v) is 21.9. The summed E-state index contributed by atoms with van der Waals surface area (Å²) in [5.74, 6) is 1.40. The lowest BCUT2D eigenvalue weighted by Crippen LogP contribution is -2.26. The van der Waals surface area contributed by atoms with Gasteiger partial charge in [0, 0.05) is 18.5 Å². The van der Waals surface area contributed by atoms with Gasteiger partial charge >= 0.3 is 0 Å². The molecule has 5 heterocycles. The lowest BCUT2D eigenvalue weighted by Gasteiger charge is -2.17. The molecule has 11 nitrogen and oxygen atoms in total. The van der Waals surface area contributed by atoms with Gasteiger partial charge in [0.25, 0.3) is 11.6 Å². The summed E-state index contributed by atoms with van der Waals surface area (Å²) in [6.45, 7) is 4.13. The lowest BCUT2D eigenvalue weighted by molar-refractivity contribution is 0.563. The molecule has 1 aromatic carbocycles. The fourth-order valence-electron chi connectivity index (χ4n) is 5.56. The van der Waals surface area contributed by atoms with Crippen molar-refractivity contribution in [2.45, 2.75) is 32.7 Å². The molecule has 1 unspecified atom stereocenters. The van der Waals surface area contributed by atoms with E-state index in [0.29, 0.717) is 45.9 Å². The van der Waals surface area contributed by atoms with Crippen LogP contribution < -0.4 is 17.0 Å². The number of pyridine rings is 2. The molecule has 4 N–H and O–H groups in total. The van der Waals surface area contributed by atoms with Crippen LogP contribution in [0.15, 0.2) is 64.2 Å². The highest BCUT2D eigenvalue weighted by atomic mass is 16.4. The van der Waals surface area contributed by atoms with E-state index in [2.05, 4.69) is 19.9 Å². The zero-order chi connectivity index (χ0) is 27.5. The summed E-state index contributed by atoms with van der Waals surface area (Å²) in [6.07, 6.45) is 7.51. The largest absolute Gasteiger partial charge is 0.424 e. The summed E-state index contributed by atoms with van der Waals surface area (Å²) in [4.78, 5) is 31.7. The molecule has 1 aliphatic carbocycles. The minimum Gasteiger partial charge on any atom is -0.424 e. The Bertz CT molecular complexity index is 2050. The molecule has 0 amide bonds. The number of benzene rings is 1. The van der Waals surface area contributed by atoms with Gasteiger partial charge in [-0.05, 0) is 48.6 Å². The van der Waals surface area contributed by atoms with Crippen molar-refractivity contribution in [3.05, 3.63) is 99.3 Å². The van der Waals surface area contributed by atoms with Crippen LogP contribution in [0.5, 0.6) is 0 Å². The van der Waals surface area contributed by atoms with Gasteiger partial charge in [0.2, 0.25) is 0 Å². The van der Waals surface area contributed by atoms with E-state index < -0.39 is 0 Å². The maximum atomic E-state index is 14.0. The highest BCUT2D eigenvalue weighted by Gasteiger charge is 2.27. The molecule has 1 aliphatic rings. The molecule has 0 saturated heterocycles. The Morgan fingerprint density at radius 1 is 1.05 bits per heavy atom. The van der Waals surface area contributed by atoms with Gasteiger partial charge in [0.1, 0.15) is 18.0 Å². The molecule has 0 radical (unpaired) electrons. The third-order valence-corrected chi connectivity index (χ3v) is 7.41. The number of rotatable bonds is 4. The van der Waals surface area contributed by atoms with Gasteiger partial charge in [-0.15, -0.1) is 0 Å². The first-order valence-electron chi connectivity index (χ1n) is 12.9. The van der Waals surface area contributed by atoms with Gasteiger partial charge < -0.3 is 15.9 Å². The number of aromatic nitrogens is 7. The van der Waals surface area contributed by atoms with Crippen LogP contribution in [0.4, 0.5) is 11.8 Å². The average Bonchev–Trinajstić information content (AvgIpc) is 3.49. The molecule has 0 spiro atoms. The van der Waals surface area contributed by atoms with Crippen LogP contribution in [0.2, 0.25) is 0 Å². The van der Waals surface area contributed by atoms with E-state index in [9.17, 15) is 4.79 Å². The molecule has 1 atom stereocenters. The summed E-state index contributed by atoms with van der Waals surface area (Å²) >= 11 is 0. The minimum atomic E-state index is -0.145. The smallest absolute Gasteiger partial charge is 0.292 e. The minimum absolute atomic E-state index is 0.128. The lowest BCUT2D eigenvalue weighted by atomic mass is 9.92. The van der Waals surface area contributed by atoms with E-state index in [1.165, 1.54) is 6.33 Å². The number of nitrogens with zero attached hydrogens (tertiary/aromatic N) is 7. The number of anilines is 2. The number of hydrogen-bond acceptors (Lipinski definition) is 9. The molecule has 0 fully saturated rings. The van der Waals surface area contributed by atoms with Crippen molar-refractivity contribution in [1.82, 2.24) is 34.3 Å². The van der Waals surface area contributed by atoms with Crippen molar-refractivity contribution in [2.75, 3.05) is 11.5 Å². The first kappa shape index (κ1) is 23.8. The van der Waals surface area contributed by atoms with Crippen molar-refractivity contribution in [1.29, 1.82) is 0 Å². The van der Waals surface area contributed by atoms with Gasteiger partial charge in [-0.3, -0.25) is 9.36 Å². The van der Waals surface area contributed by atoms with E-state index in [-0.39, 0.29) is 24.0 Å². The normalized spacial score (nSPS) is 14.7. The quantitative estimate of drug-likeness (QED) is 0.346. The second-order valence-corrected chi connectivity index (χ2v) is 9.99. The molecule has 0 aliphatic heterocycles. The molecule has 198 valence electrons. The van der Waals surface area contributed by atoms with Crippen LogP contribution in [0.1, 0.15) is 39.9 Å². The zero-order valence-electron chi connectivity index (χ0n) is 21.9. The van der Waals surface area contributed by atoms with Gasteiger partial charge in [-0.25, -0.2) is 19.6 Å². The molecule has 5 aromatic heterocycles. The van der Waals surface area contributed by atoms with Crippen LogP contribution in [0.3, 0.4) is 0 Å². The van der Waals surface area contributed by atoms with Gasteiger partial charge in [-0.2, -0.15) is 10.1 Å². The molecule has 11 heteroatoms. The van der Waals surface area contributed by atoms with Crippen LogP contribution in [0.25, 0.3) is 33.7 Å².